The van der Waals surface area contributed by atoms with Crippen LogP contribution in [0.2, 0.25) is 0 Å². The Labute approximate surface area is 79.6 Å². The lowest BCUT2D eigenvalue weighted by atomic mass is 10.3. The Hall–Kier alpha value is -2.09. The van der Waals surface area contributed by atoms with E-state index in [0.717, 1.165) is 0 Å². The van der Waals surface area contributed by atoms with Gasteiger partial charge < -0.3 is 17.2 Å². The number of nitrogen functional groups attached to an aromatic ring is 2. The van der Waals surface area contributed by atoms with E-state index < -0.39 is 0 Å². The number of hydrogen-bond acceptors (Lipinski definition) is 8. The van der Waals surface area contributed by atoms with Crippen LogP contribution in [-0.4, -0.2) is 22.3 Å². The van der Waals surface area contributed by atoms with E-state index in [1.54, 1.807) is 0 Å². The number of amidine groups is 1. The van der Waals surface area contributed by atoms with Gasteiger partial charge in [0.25, 0.3) is 0 Å². The molecule has 0 saturated heterocycles. The molecule has 8 nitrogen and oxygen atoms in total. The molecule has 2 heterocycles. The number of aromatic nitrogens is 2. The molecule has 14 heavy (non-hydrogen) atoms. The highest BCUT2D eigenvalue weighted by Crippen LogP contribution is 2.32. The van der Waals surface area contributed by atoms with Crippen molar-refractivity contribution in [3.8, 4) is 0 Å². The molecule has 8 heteroatoms. The summed E-state index contributed by atoms with van der Waals surface area (Å²) in [6.45, 7) is 0.295. The van der Waals surface area contributed by atoms with E-state index in [-0.39, 0.29) is 11.8 Å². The van der Waals surface area contributed by atoms with Crippen LogP contribution in [0.5, 0.6) is 0 Å². The zero-order valence-corrected chi connectivity index (χ0v) is 7.31. The van der Waals surface area contributed by atoms with Gasteiger partial charge in [-0.05, 0) is 0 Å². The van der Waals surface area contributed by atoms with Gasteiger partial charge in [-0.2, -0.15) is 9.97 Å². The summed E-state index contributed by atoms with van der Waals surface area (Å²) >= 11 is 0. The van der Waals surface area contributed by atoms with Crippen molar-refractivity contribution in [3.63, 3.8) is 0 Å². The Morgan fingerprint density at radius 1 is 1.14 bits per heavy atom. The van der Waals surface area contributed by atoms with E-state index in [1.165, 1.54) is 5.01 Å². The number of rotatable bonds is 0. The maximum Gasteiger partial charge on any atom is 0.224 e. The molecule has 0 spiro atoms. The number of hydrazine groups is 1. The van der Waals surface area contributed by atoms with Gasteiger partial charge in [-0.25, -0.2) is 10.8 Å². The number of aliphatic imine (C=N–C) groups is 1. The molecular weight excluding hydrogens is 184 g/mol. The highest BCUT2D eigenvalue weighted by molar-refractivity contribution is 5.94. The van der Waals surface area contributed by atoms with Gasteiger partial charge in [0.1, 0.15) is 5.84 Å². The van der Waals surface area contributed by atoms with Gasteiger partial charge in [-0.3, -0.25) is 5.01 Å². The topological polar surface area (TPSA) is 145 Å². The molecule has 0 fully saturated rings. The molecule has 74 valence electrons. The van der Waals surface area contributed by atoms with Crippen molar-refractivity contribution in [3.05, 3.63) is 0 Å². The molecule has 1 aromatic heterocycles. The molecule has 2 rings (SSSR count). The van der Waals surface area contributed by atoms with E-state index in [9.17, 15) is 0 Å². The van der Waals surface area contributed by atoms with Crippen molar-refractivity contribution in [1.82, 2.24) is 9.97 Å². The summed E-state index contributed by atoms with van der Waals surface area (Å²) in [4.78, 5) is 11.7. The first-order valence-electron chi connectivity index (χ1n) is 3.86. The summed E-state index contributed by atoms with van der Waals surface area (Å²) in [5.41, 5.74) is 16.9. The van der Waals surface area contributed by atoms with Crippen LogP contribution in [-0.2, 0) is 0 Å². The van der Waals surface area contributed by atoms with E-state index in [1.807, 2.05) is 0 Å². The first kappa shape index (κ1) is 8.51. The van der Waals surface area contributed by atoms with Crippen molar-refractivity contribution in [2.24, 2.45) is 16.6 Å². The van der Waals surface area contributed by atoms with Crippen LogP contribution < -0.4 is 28.1 Å². The van der Waals surface area contributed by atoms with Crippen LogP contribution in [0.15, 0.2) is 4.99 Å². The fourth-order valence-corrected chi connectivity index (χ4v) is 1.21. The number of fused-ring (bicyclic) bond motifs is 1. The van der Waals surface area contributed by atoms with Crippen molar-refractivity contribution >= 4 is 29.1 Å². The molecule has 0 amide bonds. The third-order valence-corrected chi connectivity index (χ3v) is 1.77. The molecule has 0 atom stereocenters. The van der Waals surface area contributed by atoms with Crippen LogP contribution in [0.4, 0.5) is 23.3 Å². The molecule has 0 saturated carbocycles. The van der Waals surface area contributed by atoms with Crippen LogP contribution >= 0.6 is 0 Å². The monoisotopic (exact) mass is 194 g/mol. The summed E-state index contributed by atoms with van der Waals surface area (Å²) in [6, 6.07) is 0. The van der Waals surface area contributed by atoms with Gasteiger partial charge in [0, 0.05) is 0 Å². The molecule has 0 aliphatic carbocycles. The third-order valence-electron chi connectivity index (χ3n) is 1.77. The second kappa shape index (κ2) is 2.70. The third kappa shape index (κ3) is 1.17. The van der Waals surface area contributed by atoms with Gasteiger partial charge in [-0.15, -0.1) is 0 Å². The Kier molecular flexibility index (Phi) is 1.64. The van der Waals surface area contributed by atoms with Crippen molar-refractivity contribution in [2.75, 3.05) is 23.0 Å². The Bertz CT molecular complexity index is 411. The van der Waals surface area contributed by atoms with Crippen molar-refractivity contribution in [2.45, 2.75) is 0 Å². The zero-order chi connectivity index (χ0) is 10.3. The SMILES string of the molecule is NC1=Nc2c(N)nc(N)nc2N(N)C1. The van der Waals surface area contributed by atoms with Crippen molar-refractivity contribution in [1.29, 1.82) is 0 Å². The first-order chi connectivity index (χ1) is 6.58. The standard InChI is InChI=1S/C6H10N8/c7-2-1-14(10)5-3(11-2)4(8)12-6(9)13-5/h1,10H2,(H2,7,11)(H4,8,9,12,13). The Morgan fingerprint density at radius 2 is 1.86 bits per heavy atom. The minimum absolute atomic E-state index is 0.0624. The van der Waals surface area contributed by atoms with Gasteiger partial charge >= 0.3 is 0 Å². The summed E-state index contributed by atoms with van der Waals surface area (Å²) in [6.07, 6.45) is 0. The fraction of sp³-hybridized carbons (Fsp3) is 0.167. The second-order valence-corrected chi connectivity index (χ2v) is 2.87. The zero-order valence-electron chi connectivity index (χ0n) is 7.31. The summed E-state index contributed by atoms with van der Waals surface area (Å²) in [7, 11) is 0. The normalized spacial score (nSPS) is 14.9. The lowest BCUT2D eigenvalue weighted by Crippen LogP contribution is -2.42. The molecule has 0 radical (unpaired) electrons. The molecule has 0 aromatic carbocycles. The number of nitrogens with zero attached hydrogens (tertiary/aromatic N) is 4. The van der Waals surface area contributed by atoms with E-state index in [2.05, 4.69) is 15.0 Å². The van der Waals surface area contributed by atoms with Gasteiger partial charge in [-0.1, -0.05) is 0 Å². The predicted octanol–water partition coefficient (Wildman–Crippen LogP) is -1.68. The van der Waals surface area contributed by atoms with Crippen LogP contribution in [0.3, 0.4) is 0 Å². The molecule has 1 aliphatic heterocycles. The number of anilines is 3. The van der Waals surface area contributed by atoms with Gasteiger partial charge in [0.2, 0.25) is 5.95 Å². The maximum absolute atomic E-state index is 5.65. The van der Waals surface area contributed by atoms with Gasteiger partial charge in [0.05, 0.1) is 6.54 Å². The van der Waals surface area contributed by atoms with Crippen LogP contribution in [0, 0.1) is 0 Å². The van der Waals surface area contributed by atoms with E-state index in [4.69, 9.17) is 23.0 Å². The molecule has 8 N–H and O–H groups in total. The lowest BCUT2D eigenvalue weighted by molar-refractivity contribution is 0.904. The average molecular weight is 194 g/mol. The Balaban J connectivity index is 2.65. The minimum atomic E-state index is 0.0624. The molecule has 1 aliphatic rings. The van der Waals surface area contributed by atoms with E-state index in [0.29, 0.717) is 23.9 Å². The highest BCUT2D eigenvalue weighted by atomic mass is 15.5. The average Bonchev–Trinajstić information content (AvgIpc) is 2.07. The first-order valence-corrected chi connectivity index (χ1v) is 3.86. The molecule has 0 unspecified atom stereocenters. The minimum Gasteiger partial charge on any atom is -0.386 e. The fourth-order valence-electron chi connectivity index (χ4n) is 1.21. The quantitative estimate of drug-likeness (QED) is 0.361. The molecule has 1 aromatic rings. The lowest BCUT2D eigenvalue weighted by Gasteiger charge is -2.23. The van der Waals surface area contributed by atoms with E-state index >= 15 is 0 Å². The summed E-state index contributed by atoms with van der Waals surface area (Å²) in [5.74, 6) is 6.63. The summed E-state index contributed by atoms with van der Waals surface area (Å²) in [5, 5.41) is 1.33. The Morgan fingerprint density at radius 3 is 2.57 bits per heavy atom. The van der Waals surface area contributed by atoms with Crippen LogP contribution in [0.25, 0.3) is 0 Å². The van der Waals surface area contributed by atoms with Gasteiger partial charge in [0.15, 0.2) is 17.3 Å². The smallest absolute Gasteiger partial charge is 0.224 e. The predicted molar refractivity (Wildman–Crippen MR) is 53.7 cm³/mol. The number of nitrogens with two attached hydrogens (primary N) is 4. The molecule has 0 bridgehead atoms. The highest BCUT2D eigenvalue weighted by Gasteiger charge is 2.20. The summed E-state index contributed by atoms with van der Waals surface area (Å²) < 4.78 is 0. The van der Waals surface area contributed by atoms with Crippen molar-refractivity contribution < 1.29 is 0 Å². The molecular formula is C6H10N8. The number of hydrogen-bond donors (Lipinski definition) is 4. The maximum atomic E-state index is 5.65. The largest absolute Gasteiger partial charge is 0.386 e. The van der Waals surface area contributed by atoms with Crippen LogP contribution in [0.1, 0.15) is 0 Å². The second-order valence-electron chi connectivity index (χ2n) is 2.87.